The van der Waals surface area contributed by atoms with Gasteiger partial charge in [-0.15, -0.1) is 0 Å². The SMILES string of the molecule is COCCCNCC(O)c1ccc(Cl)cc1Cl. The van der Waals surface area contributed by atoms with Gasteiger partial charge in [0.15, 0.2) is 0 Å². The van der Waals surface area contributed by atoms with E-state index in [1.54, 1.807) is 25.3 Å². The fourth-order valence-corrected chi connectivity index (χ4v) is 2.00. The molecule has 0 bridgehead atoms. The van der Waals surface area contributed by atoms with Crippen LogP contribution >= 0.6 is 23.2 Å². The van der Waals surface area contributed by atoms with Gasteiger partial charge in [0, 0.05) is 35.9 Å². The van der Waals surface area contributed by atoms with E-state index in [1.807, 2.05) is 0 Å². The molecule has 0 amide bonds. The van der Waals surface area contributed by atoms with E-state index < -0.39 is 6.10 Å². The quantitative estimate of drug-likeness (QED) is 0.753. The molecule has 0 radical (unpaired) electrons. The van der Waals surface area contributed by atoms with Crippen LogP contribution in [0.5, 0.6) is 0 Å². The molecular formula is C12H17Cl2NO2. The average molecular weight is 278 g/mol. The van der Waals surface area contributed by atoms with Gasteiger partial charge in [0.2, 0.25) is 0 Å². The number of aliphatic hydroxyl groups excluding tert-OH is 1. The van der Waals surface area contributed by atoms with E-state index in [-0.39, 0.29) is 0 Å². The first-order valence-electron chi connectivity index (χ1n) is 5.48. The molecule has 0 saturated heterocycles. The van der Waals surface area contributed by atoms with Crippen LogP contribution < -0.4 is 5.32 Å². The van der Waals surface area contributed by atoms with Crippen molar-refractivity contribution in [2.24, 2.45) is 0 Å². The van der Waals surface area contributed by atoms with Crippen molar-refractivity contribution in [3.05, 3.63) is 33.8 Å². The number of aliphatic hydroxyl groups is 1. The van der Waals surface area contributed by atoms with E-state index >= 15 is 0 Å². The van der Waals surface area contributed by atoms with Crippen LogP contribution in [0.15, 0.2) is 18.2 Å². The average Bonchev–Trinajstić information content (AvgIpc) is 2.28. The molecule has 96 valence electrons. The van der Waals surface area contributed by atoms with E-state index in [9.17, 15) is 5.11 Å². The summed E-state index contributed by atoms with van der Waals surface area (Å²) in [6.07, 6.45) is 0.291. The number of halogens is 2. The fraction of sp³-hybridized carbons (Fsp3) is 0.500. The van der Waals surface area contributed by atoms with Crippen LogP contribution in [0, 0.1) is 0 Å². The molecule has 3 nitrogen and oxygen atoms in total. The summed E-state index contributed by atoms with van der Waals surface area (Å²) in [7, 11) is 1.67. The molecule has 1 atom stereocenters. The highest BCUT2D eigenvalue weighted by molar-refractivity contribution is 6.35. The maximum Gasteiger partial charge on any atom is 0.0928 e. The topological polar surface area (TPSA) is 41.5 Å². The van der Waals surface area contributed by atoms with Crippen LogP contribution in [0.1, 0.15) is 18.1 Å². The van der Waals surface area contributed by atoms with E-state index in [0.717, 1.165) is 13.0 Å². The van der Waals surface area contributed by atoms with Gasteiger partial charge < -0.3 is 15.2 Å². The minimum Gasteiger partial charge on any atom is -0.387 e. The molecule has 0 aliphatic rings. The Morgan fingerprint density at radius 3 is 2.82 bits per heavy atom. The highest BCUT2D eigenvalue weighted by Crippen LogP contribution is 2.25. The molecule has 0 spiro atoms. The first-order chi connectivity index (χ1) is 8.15. The predicted octanol–water partition coefficient (Wildman–Crippen LogP) is 2.65. The third-order valence-corrected chi connectivity index (χ3v) is 2.92. The van der Waals surface area contributed by atoms with Gasteiger partial charge in [-0.2, -0.15) is 0 Å². The van der Waals surface area contributed by atoms with Crippen molar-refractivity contribution >= 4 is 23.2 Å². The highest BCUT2D eigenvalue weighted by Gasteiger charge is 2.11. The molecule has 2 N–H and O–H groups in total. The number of rotatable bonds is 7. The summed E-state index contributed by atoms with van der Waals surface area (Å²) < 4.78 is 4.93. The number of methoxy groups -OCH3 is 1. The van der Waals surface area contributed by atoms with Gasteiger partial charge in [-0.3, -0.25) is 0 Å². The van der Waals surface area contributed by atoms with Gasteiger partial charge in [0.25, 0.3) is 0 Å². The zero-order valence-electron chi connectivity index (χ0n) is 9.75. The molecule has 0 saturated carbocycles. The number of nitrogens with one attached hydrogen (secondary N) is 1. The molecule has 5 heteroatoms. The number of hydrogen-bond acceptors (Lipinski definition) is 3. The van der Waals surface area contributed by atoms with Gasteiger partial charge in [-0.1, -0.05) is 29.3 Å². The van der Waals surface area contributed by atoms with Gasteiger partial charge in [-0.25, -0.2) is 0 Å². The minimum absolute atomic E-state index is 0.463. The summed E-state index contributed by atoms with van der Waals surface area (Å²) in [5.74, 6) is 0. The maximum absolute atomic E-state index is 9.93. The first kappa shape index (κ1) is 14.7. The molecule has 1 aromatic carbocycles. The minimum atomic E-state index is -0.623. The normalized spacial score (nSPS) is 12.7. The van der Waals surface area contributed by atoms with Crippen LogP contribution in [0.25, 0.3) is 0 Å². The second kappa shape index (κ2) is 7.90. The predicted molar refractivity (Wildman–Crippen MR) is 70.8 cm³/mol. The molecule has 0 fully saturated rings. The molecule has 1 unspecified atom stereocenters. The van der Waals surface area contributed by atoms with Crippen LogP contribution in [0.4, 0.5) is 0 Å². The van der Waals surface area contributed by atoms with E-state index in [2.05, 4.69) is 5.32 Å². The summed E-state index contributed by atoms with van der Waals surface area (Å²) in [5.41, 5.74) is 0.690. The highest BCUT2D eigenvalue weighted by atomic mass is 35.5. The summed E-state index contributed by atoms with van der Waals surface area (Å²) in [6.45, 7) is 1.98. The third-order valence-electron chi connectivity index (χ3n) is 2.36. The smallest absolute Gasteiger partial charge is 0.0928 e. The van der Waals surface area contributed by atoms with Crippen molar-refractivity contribution in [1.29, 1.82) is 0 Å². The lowest BCUT2D eigenvalue weighted by atomic mass is 10.1. The molecule has 17 heavy (non-hydrogen) atoms. The lowest BCUT2D eigenvalue weighted by molar-refractivity contribution is 0.168. The summed E-state index contributed by atoms with van der Waals surface area (Å²) in [6, 6.07) is 5.09. The van der Waals surface area contributed by atoms with Gasteiger partial charge >= 0.3 is 0 Å². The second-order valence-electron chi connectivity index (χ2n) is 3.73. The lowest BCUT2D eigenvalue weighted by Crippen LogP contribution is -2.23. The van der Waals surface area contributed by atoms with Crippen molar-refractivity contribution in [3.63, 3.8) is 0 Å². The Morgan fingerprint density at radius 1 is 1.41 bits per heavy atom. The summed E-state index contributed by atoms with van der Waals surface area (Å²) >= 11 is 11.8. The van der Waals surface area contributed by atoms with Gasteiger partial charge in [0.05, 0.1) is 6.10 Å². The Morgan fingerprint density at radius 2 is 2.18 bits per heavy atom. The Kier molecular flexibility index (Phi) is 6.85. The summed E-state index contributed by atoms with van der Waals surface area (Å²) in [5, 5.41) is 14.1. The van der Waals surface area contributed by atoms with Crippen molar-refractivity contribution in [2.75, 3.05) is 26.8 Å². The summed E-state index contributed by atoms with van der Waals surface area (Å²) in [4.78, 5) is 0. The standard InChI is InChI=1S/C12H17Cl2NO2/c1-17-6-2-5-15-8-12(16)10-4-3-9(13)7-11(10)14/h3-4,7,12,15-16H,2,5-6,8H2,1H3. The van der Waals surface area contributed by atoms with Crippen molar-refractivity contribution < 1.29 is 9.84 Å². The zero-order valence-corrected chi connectivity index (χ0v) is 11.3. The number of ether oxygens (including phenoxy) is 1. The Hall–Kier alpha value is -0.320. The Balaban J connectivity index is 2.38. The Bertz CT molecular complexity index is 347. The van der Waals surface area contributed by atoms with E-state index in [4.69, 9.17) is 27.9 Å². The third kappa shape index (κ3) is 5.23. The molecule has 0 heterocycles. The molecule has 1 aromatic rings. The van der Waals surface area contributed by atoms with Crippen LogP contribution in [-0.2, 0) is 4.74 Å². The molecule has 0 aromatic heterocycles. The number of benzene rings is 1. The van der Waals surface area contributed by atoms with Crippen molar-refractivity contribution in [1.82, 2.24) is 5.32 Å². The molecular weight excluding hydrogens is 261 g/mol. The largest absolute Gasteiger partial charge is 0.387 e. The zero-order chi connectivity index (χ0) is 12.7. The van der Waals surface area contributed by atoms with E-state index in [0.29, 0.717) is 28.8 Å². The first-order valence-corrected chi connectivity index (χ1v) is 6.23. The van der Waals surface area contributed by atoms with Crippen LogP contribution in [0.2, 0.25) is 10.0 Å². The van der Waals surface area contributed by atoms with Crippen LogP contribution in [0.3, 0.4) is 0 Å². The van der Waals surface area contributed by atoms with E-state index in [1.165, 1.54) is 0 Å². The Labute approximate surface area is 112 Å². The monoisotopic (exact) mass is 277 g/mol. The molecule has 0 aliphatic carbocycles. The number of hydrogen-bond donors (Lipinski definition) is 2. The second-order valence-corrected chi connectivity index (χ2v) is 4.58. The molecule has 0 aliphatic heterocycles. The fourth-order valence-electron chi connectivity index (χ4n) is 1.46. The van der Waals surface area contributed by atoms with Gasteiger partial charge in [-0.05, 0) is 25.1 Å². The van der Waals surface area contributed by atoms with Crippen LogP contribution in [-0.4, -0.2) is 31.9 Å². The van der Waals surface area contributed by atoms with Crippen molar-refractivity contribution in [2.45, 2.75) is 12.5 Å². The lowest BCUT2D eigenvalue weighted by Gasteiger charge is -2.13. The molecule has 1 rings (SSSR count). The van der Waals surface area contributed by atoms with Gasteiger partial charge in [0.1, 0.15) is 0 Å². The maximum atomic E-state index is 9.93. The van der Waals surface area contributed by atoms with Crippen molar-refractivity contribution in [3.8, 4) is 0 Å².